The molecule has 1 heterocycles. The molecule has 1 aromatic heterocycles. The zero-order chi connectivity index (χ0) is 18.2. The lowest BCUT2D eigenvalue weighted by Crippen LogP contribution is -1.98. The summed E-state index contributed by atoms with van der Waals surface area (Å²) in [6.07, 6.45) is 0. The topological polar surface area (TPSA) is 84.0 Å². The average Bonchev–Trinajstić information content (AvgIpc) is 2.85. The van der Waals surface area contributed by atoms with Gasteiger partial charge < -0.3 is 9.67 Å². The maximum atomic E-state index is 12.3. The predicted octanol–water partition coefficient (Wildman–Crippen LogP) is 5.16. The normalized spacial score (nSPS) is 12.5. The summed E-state index contributed by atoms with van der Waals surface area (Å²) in [6.45, 7) is 3.84. The number of rotatable bonds is 4. The van der Waals surface area contributed by atoms with Gasteiger partial charge in [-0.25, -0.2) is 0 Å². The summed E-state index contributed by atoms with van der Waals surface area (Å²) >= 11 is 3.26. The van der Waals surface area contributed by atoms with Crippen molar-refractivity contribution in [2.45, 2.75) is 24.8 Å². The summed E-state index contributed by atoms with van der Waals surface area (Å²) in [7, 11) is -3.95. The zero-order valence-corrected chi connectivity index (χ0v) is 16.0. The second-order valence-electron chi connectivity index (χ2n) is 5.76. The van der Waals surface area contributed by atoms with Crippen LogP contribution in [0, 0.1) is 0 Å². The fourth-order valence-electron chi connectivity index (χ4n) is 2.60. The monoisotopic (exact) mass is 421 g/mol. The van der Waals surface area contributed by atoms with Crippen LogP contribution in [0.3, 0.4) is 0 Å². The van der Waals surface area contributed by atoms with Gasteiger partial charge in [0.25, 0.3) is 10.0 Å². The van der Waals surface area contributed by atoms with E-state index in [2.05, 4.69) is 25.6 Å². The summed E-state index contributed by atoms with van der Waals surface area (Å²) in [5, 5.41) is 15.0. The highest BCUT2D eigenvalue weighted by Crippen LogP contribution is 2.41. The Balaban J connectivity index is 2.10. The van der Waals surface area contributed by atoms with Gasteiger partial charge in [0.1, 0.15) is 0 Å². The SMILES string of the molecule is CC(C)n1c(O)c(N=NS(=O)(=O)c2ccc(Br)cc2)c2ccccc21. The second kappa shape index (κ2) is 6.61. The van der Waals surface area contributed by atoms with Crippen LogP contribution in [-0.2, 0) is 10.0 Å². The van der Waals surface area contributed by atoms with Crippen molar-refractivity contribution < 1.29 is 13.5 Å². The highest BCUT2D eigenvalue weighted by Gasteiger charge is 2.19. The molecule has 0 aliphatic rings. The standard InChI is InChI=1S/C17H16BrN3O3S/c1-11(2)21-15-6-4-3-5-14(15)16(17(21)22)19-20-25(23,24)13-9-7-12(18)8-10-13/h3-11,22H,1-2H3. The second-order valence-corrected chi connectivity index (χ2v) is 8.26. The van der Waals surface area contributed by atoms with Crippen LogP contribution < -0.4 is 0 Å². The minimum absolute atomic E-state index is 0.0167. The largest absolute Gasteiger partial charge is 0.493 e. The van der Waals surface area contributed by atoms with Gasteiger partial charge in [0.2, 0.25) is 5.88 Å². The van der Waals surface area contributed by atoms with Crippen molar-refractivity contribution in [2.24, 2.45) is 9.63 Å². The number of hydrogen-bond donors (Lipinski definition) is 1. The number of hydrogen-bond acceptors (Lipinski definition) is 4. The fourth-order valence-corrected chi connectivity index (χ4v) is 3.63. The fraction of sp³-hybridized carbons (Fsp3) is 0.176. The van der Waals surface area contributed by atoms with Crippen molar-refractivity contribution in [3.8, 4) is 5.88 Å². The Morgan fingerprint density at radius 3 is 2.36 bits per heavy atom. The van der Waals surface area contributed by atoms with Gasteiger partial charge in [-0.2, -0.15) is 8.42 Å². The number of para-hydroxylation sites is 1. The molecule has 1 N–H and O–H groups in total. The van der Waals surface area contributed by atoms with E-state index in [1.165, 1.54) is 12.1 Å². The van der Waals surface area contributed by atoms with E-state index in [4.69, 9.17) is 0 Å². The quantitative estimate of drug-likeness (QED) is 0.590. The third kappa shape index (κ3) is 3.32. The van der Waals surface area contributed by atoms with Gasteiger partial charge in [-0.15, -0.1) is 5.11 Å². The lowest BCUT2D eigenvalue weighted by Gasteiger charge is -2.10. The van der Waals surface area contributed by atoms with E-state index in [-0.39, 0.29) is 22.5 Å². The van der Waals surface area contributed by atoms with Crippen molar-refractivity contribution in [3.63, 3.8) is 0 Å². The van der Waals surface area contributed by atoms with Gasteiger partial charge in [-0.05, 0) is 44.2 Å². The molecule has 0 unspecified atom stereocenters. The Morgan fingerprint density at radius 2 is 1.72 bits per heavy atom. The van der Waals surface area contributed by atoms with Gasteiger partial charge in [-0.3, -0.25) is 0 Å². The molecule has 8 heteroatoms. The van der Waals surface area contributed by atoms with E-state index in [9.17, 15) is 13.5 Å². The summed E-state index contributed by atoms with van der Waals surface area (Å²) in [4.78, 5) is 0.0338. The molecule has 0 aliphatic heterocycles. The molecule has 2 aromatic carbocycles. The van der Waals surface area contributed by atoms with E-state index in [1.807, 2.05) is 26.0 Å². The van der Waals surface area contributed by atoms with Crippen molar-refractivity contribution in [1.82, 2.24) is 4.57 Å². The zero-order valence-electron chi connectivity index (χ0n) is 13.6. The van der Waals surface area contributed by atoms with Gasteiger partial charge in [-0.1, -0.05) is 38.6 Å². The van der Waals surface area contributed by atoms with Crippen LogP contribution in [0.15, 0.2) is 67.5 Å². The van der Waals surface area contributed by atoms with Gasteiger partial charge in [0.05, 0.1) is 10.4 Å². The molecule has 0 aliphatic carbocycles. The first-order valence-electron chi connectivity index (χ1n) is 7.57. The third-order valence-electron chi connectivity index (χ3n) is 3.73. The highest BCUT2D eigenvalue weighted by molar-refractivity contribution is 9.10. The first kappa shape index (κ1) is 17.6. The number of aromatic hydroxyl groups is 1. The number of nitrogens with zero attached hydrogens (tertiary/aromatic N) is 3. The summed E-state index contributed by atoms with van der Waals surface area (Å²) < 4.78 is 30.7. The van der Waals surface area contributed by atoms with E-state index >= 15 is 0 Å². The Hall–Kier alpha value is -2.19. The Morgan fingerprint density at radius 1 is 1.08 bits per heavy atom. The van der Waals surface area contributed by atoms with Gasteiger partial charge in [0.15, 0.2) is 5.69 Å². The van der Waals surface area contributed by atoms with Crippen LogP contribution in [0.2, 0.25) is 0 Å². The van der Waals surface area contributed by atoms with Crippen LogP contribution in [-0.4, -0.2) is 18.1 Å². The molecule has 0 amide bonds. The summed E-state index contributed by atoms with van der Waals surface area (Å²) in [5.41, 5.74) is 0.912. The molecule has 130 valence electrons. The molecule has 0 spiro atoms. The van der Waals surface area contributed by atoms with Crippen molar-refractivity contribution in [3.05, 3.63) is 53.0 Å². The molecule has 0 bridgehead atoms. The summed E-state index contributed by atoms with van der Waals surface area (Å²) in [5.74, 6) is -0.106. The van der Waals surface area contributed by atoms with Crippen LogP contribution in [0.4, 0.5) is 5.69 Å². The molecule has 0 saturated heterocycles. The maximum Gasteiger partial charge on any atom is 0.299 e. The first-order chi connectivity index (χ1) is 11.8. The molecule has 25 heavy (non-hydrogen) atoms. The minimum atomic E-state index is -3.95. The van der Waals surface area contributed by atoms with Crippen LogP contribution >= 0.6 is 15.9 Å². The number of fused-ring (bicyclic) bond motifs is 1. The number of aromatic nitrogens is 1. The maximum absolute atomic E-state index is 12.3. The van der Waals surface area contributed by atoms with Gasteiger partial charge in [0, 0.05) is 15.9 Å². The molecule has 0 fully saturated rings. The third-order valence-corrected chi connectivity index (χ3v) is 5.43. The lowest BCUT2D eigenvalue weighted by molar-refractivity contribution is 0.407. The van der Waals surface area contributed by atoms with Crippen LogP contribution in [0.25, 0.3) is 10.9 Å². The Bertz CT molecular complexity index is 1050. The van der Waals surface area contributed by atoms with Crippen LogP contribution in [0.5, 0.6) is 5.88 Å². The Kier molecular flexibility index (Phi) is 4.66. The molecule has 0 saturated carbocycles. The van der Waals surface area contributed by atoms with Crippen LogP contribution in [0.1, 0.15) is 19.9 Å². The van der Waals surface area contributed by atoms with Gasteiger partial charge >= 0.3 is 0 Å². The molecule has 3 rings (SSSR count). The van der Waals surface area contributed by atoms with E-state index in [0.29, 0.717) is 5.39 Å². The van der Waals surface area contributed by atoms with E-state index in [0.717, 1.165) is 9.99 Å². The predicted molar refractivity (Wildman–Crippen MR) is 99.8 cm³/mol. The highest BCUT2D eigenvalue weighted by atomic mass is 79.9. The van der Waals surface area contributed by atoms with Crippen molar-refractivity contribution in [1.29, 1.82) is 0 Å². The smallest absolute Gasteiger partial charge is 0.299 e. The molecule has 0 atom stereocenters. The number of halogens is 1. The van der Waals surface area contributed by atoms with E-state index < -0.39 is 10.0 Å². The molecule has 6 nitrogen and oxygen atoms in total. The molecule has 0 radical (unpaired) electrons. The molecular formula is C17H16BrN3O3S. The minimum Gasteiger partial charge on any atom is -0.493 e. The number of sulfonamides is 1. The first-order valence-corrected chi connectivity index (χ1v) is 9.80. The van der Waals surface area contributed by atoms with Crippen molar-refractivity contribution >= 4 is 42.5 Å². The van der Waals surface area contributed by atoms with E-state index in [1.54, 1.807) is 28.8 Å². The summed E-state index contributed by atoms with van der Waals surface area (Å²) in [6, 6.07) is 13.4. The average molecular weight is 422 g/mol. The van der Waals surface area contributed by atoms with Crippen molar-refractivity contribution in [2.75, 3.05) is 0 Å². The molecule has 3 aromatic rings. The Labute approximate surface area is 154 Å². The molecular weight excluding hydrogens is 406 g/mol. The number of benzene rings is 2. The lowest BCUT2D eigenvalue weighted by atomic mass is 10.2.